The van der Waals surface area contributed by atoms with E-state index in [1.165, 1.54) is 11.8 Å². The third kappa shape index (κ3) is 3.83. The molecule has 0 saturated carbocycles. The molecule has 0 amide bonds. The molecule has 2 rings (SSSR count). The van der Waals surface area contributed by atoms with E-state index in [0.29, 0.717) is 12.3 Å². The number of hydrogen-bond donors (Lipinski definition) is 0. The van der Waals surface area contributed by atoms with Crippen LogP contribution in [-0.2, 0) is 16.6 Å². The Bertz CT molecular complexity index is 564. The molecular formula is C13H17N3O2S2. The highest BCUT2D eigenvalue weighted by Crippen LogP contribution is 2.26. The first kappa shape index (κ1) is 15.1. The molecular weight excluding hydrogens is 294 g/mol. The predicted molar refractivity (Wildman–Crippen MR) is 80.6 cm³/mol. The van der Waals surface area contributed by atoms with Gasteiger partial charge in [0.15, 0.2) is 11.0 Å². The first-order valence-corrected chi connectivity index (χ1v) is 8.16. The molecule has 20 heavy (non-hydrogen) atoms. The summed E-state index contributed by atoms with van der Waals surface area (Å²) in [5.74, 6) is 1.24. The van der Waals surface area contributed by atoms with Gasteiger partial charge in [0.25, 0.3) is 0 Å². The number of aromatic nitrogens is 3. The summed E-state index contributed by atoms with van der Waals surface area (Å²) in [7, 11) is 1.91. The summed E-state index contributed by atoms with van der Waals surface area (Å²) in [5, 5.41) is 11.0. The molecule has 7 heteroatoms. The van der Waals surface area contributed by atoms with Gasteiger partial charge in [-0.2, -0.15) is 0 Å². The van der Waals surface area contributed by atoms with E-state index in [-0.39, 0.29) is 11.9 Å². The van der Waals surface area contributed by atoms with Crippen molar-refractivity contribution in [2.24, 2.45) is 13.0 Å². The van der Waals surface area contributed by atoms with Gasteiger partial charge in [0.2, 0.25) is 0 Å². The Labute approximate surface area is 126 Å². The topological polar surface area (TPSA) is 57.0 Å². The van der Waals surface area contributed by atoms with E-state index >= 15 is 0 Å². The Morgan fingerprint density at radius 3 is 2.95 bits per heavy atom. The van der Waals surface area contributed by atoms with Crippen LogP contribution in [0.5, 0.6) is 0 Å². The summed E-state index contributed by atoms with van der Waals surface area (Å²) in [6.45, 7) is 3.98. The molecule has 0 atom stereocenters. The zero-order chi connectivity index (χ0) is 14.5. The smallest absolute Gasteiger partial charge is 0.306 e. The normalized spacial score (nSPS) is 11.0. The second-order valence-corrected chi connectivity index (χ2v) is 6.56. The molecule has 0 bridgehead atoms. The van der Waals surface area contributed by atoms with Crippen LogP contribution in [0.25, 0.3) is 10.7 Å². The third-order valence-electron chi connectivity index (χ3n) is 2.56. The summed E-state index contributed by atoms with van der Waals surface area (Å²) in [4.78, 5) is 12.5. The lowest BCUT2D eigenvalue weighted by atomic mass is 10.1. The Kier molecular flexibility index (Phi) is 5.19. The Hall–Kier alpha value is -1.34. The minimum atomic E-state index is -0.173. The first-order valence-electron chi connectivity index (χ1n) is 6.29. The van der Waals surface area contributed by atoms with Gasteiger partial charge < -0.3 is 9.30 Å². The molecule has 2 heterocycles. The summed E-state index contributed by atoms with van der Waals surface area (Å²) < 4.78 is 7.07. The zero-order valence-electron chi connectivity index (χ0n) is 11.7. The largest absolute Gasteiger partial charge is 0.454 e. The molecule has 0 fully saturated rings. The average molecular weight is 311 g/mol. The van der Waals surface area contributed by atoms with Crippen molar-refractivity contribution < 1.29 is 9.53 Å². The van der Waals surface area contributed by atoms with Gasteiger partial charge in [-0.1, -0.05) is 19.9 Å². The van der Waals surface area contributed by atoms with Gasteiger partial charge >= 0.3 is 5.97 Å². The molecule has 0 unspecified atom stereocenters. The van der Waals surface area contributed by atoms with E-state index in [9.17, 15) is 4.79 Å². The van der Waals surface area contributed by atoms with Gasteiger partial charge in [-0.3, -0.25) is 4.79 Å². The van der Waals surface area contributed by atoms with Crippen molar-refractivity contribution in [2.75, 3.05) is 5.94 Å². The van der Waals surface area contributed by atoms with Crippen LogP contribution in [0, 0.1) is 5.92 Å². The number of hydrogen-bond acceptors (Lipinski definition) is 6. The van der Waals surface area contributed by atoms with Crippen molar-refractivity contribution in [3.63, 3.8) is 0 Å². The maximum atomic E-state index is 11.4. The van der Waals surface area contributed by atoms with Crippen LogP contribution in [0.3, 0.4) is 0 Å². The number of ether oxygens (including phenoxy) is 1. The number of carbonyl (C=O) groups is 1. The molecule has 0 spiro atoms. The Morgan fingerprint density at radius 1 is 1.50 bits per heavy atom. The van der Waals surface area contributed by atoms with Crippen LogP contribution in [0.1, 0.15) is 20.3 Å². The maximum absolute atomic E-state index is 11.4. The van der Waals surface area contributed by atoms with Crippen molar-refractivity contribution in [1.82, 2.24) is 14.8 Å². The number of thioether (sulfide) groups is 1. The van der Waals surface area contributed by atoms with E-state index < -0.39 is 0 Å². The summed E-state index contributed by atoms with van der Waals surface area (Å²) in [5.41, 5.74) is 0. The lowest BCUT2D eigenvalue weighted by molar-refractivity contribution is -0.142. The SMILES string of the molecule is CC(C)CC(=O)OCSc1nnc(-c2cccs2)n1C. The minimum absolute atomic E-state index is 0.173. The van der Waals surface area contributed by atoms with E-state index in [0.717, 1.165) is 15.9 Å². The number of nitrogens with zero attached hydrogens (tertiary/aromatic N) is 3. The minimum Gasteiger partial charge on any atom is -0.454 e. The fourth-order valence-corrected chi connectivity index (χ4v) is 3.02. The van der Waals surface area contributed by atoms with Crippen LogP contribution < -0.4 is 0 Å². The van der Waals surface area contributed by atoms with Gasteiger partial charge in [0, 0.05) is 13.5 Å². The summed E-state index contributed by atoms with van der Waals surface area (Å²) in [6.07, 6.45) is 0.444. The van der Waals surface area contributed by atoms with Gasteiger partial charge in [0.05, 0.1) is 4.88 Å². The van der Waals surface area contributed by atoms with E-state index in [2.05, 4.69) is 10.2 Å². The lowest BCUT2D eigenvalue weighted by Gasteiger charge is -2.06. The monoisotopic (exact) mass is 311 g/mol. The van der Waals surface area contributed by atoms with Gasteiger partial charge in [-0.25, -0.2) is 0 Å². The summed E-state index contributed by atoms with van der Waals surface area (Å²) in [6, 6.07) is 3.99. The van der Waals surface area contributed by atoms with Crippen molar-refractivity contribution >= 4 is 29.1 Å². The molecule has 0 N–H and O–H groups in total. The summed E-state index contributed by atoms with van der Waals surface area (Å²) >= 11 is 2.99. The molecule has 0 radical (unpaired) electrons. The number of esters is 1. The average Bonchev–Trinajstić information content (AvgIpc) is 2.99. The van der Waals surface area contributed by atoms with Crippen LogP contribution in [0.2, 0.25) is 0 Å². The second-order valence-electron chi connectivity index (χ2n) is 4.72. The van der Waals surface area contributed by atoms with Crippen molar-refractivity contribution in [3.8, 4) is 10.7 Å². The van der Waals surface area contributed by atoms with Crippen LogP contribution in [0.4, 0.5) is 0 Å². The van der Waals surface area contributed by atoms with Crippen LogP contribution >= 0.6 is 23.1 Å². The highest BCUT2D eigenvalue weighted by Gasteiger charge is 2.13. The molecule has 0 aliphatic rings. The third-order valence-corrected chi connectivity index (χ3v) is 4.27. The first-order chi connectivity index (χ1) is 9.58. The van der Waals surface area contributed by atoms with Crippen LogP contribution in [-0.4, -0.2) is 26.7 Å². The number of rotatable bonds is 6. The maximum Gasteiger partial charge on any atom is 0.306 e. The van der Waals surface area contributed by atoms with E-state index in [1.54, 1.807) is 11.3 Å². The number of carbonyl (C=O) groups excluding carboxylic acids is 1. The Balaban J connectivity index is 1.90. The molecule has 2 aromatic heterocycles. The predicted octanol–water partition coefficient (Wildman–Crippen LogP) is 3.18. The van der Waals surface area contributed by atoms with Gasteiger partial charge in [-0.15, -0.1) is 21.5 Å². The second kappa shape index (κ2) is 6.90. The lowest BCUT2D eigenvalue weighted by Crippen LogP contribution is -2.07. The van der Waals surface area contributed by atoms with E-state index in [1.807, 2.05) is 43.0 Å². The van der Waals surface area contributed by atoms with Crippen molar-refractivity contribution in [3.05, 3.63) is 17.5 Å². The van der Waals surface area contributed by atoms with E-state index in [4.69, 9.17) is 4.74 Å². The zero-order valence-corrected chi connectivity index (χ0v) is 13.3. The molecule has 0 aromatic carbocycles. The Morgan fingerprint density at radius 2 is 2.30 bits per heavy atom. The van der Waals surface area contributed by atoms with Crippen LogP contribution in [0.15, 0.2) is 22.7 Å². The quantitative estimate of drug-likeness (QED) is 0.466. The molecule has 5 nitrogen and oxygen atoms in total. The fourth-order valence-electron chi connectivity index (χ4n) is 1.60. The van der Waals surface area contributed by atoms with Gasteiger partial charge in [0.1, 0.15) is 5.94 Å². The fraction of sp³-hybridized carbons (Fsp3) is 0.462. The molecule has 2 aromatic rings. The van der Waals surface area contributed by atoms with Gasteiger partial charge in [-0.05, 0) is 29.1 Å². The molecule has 0 aliphatic heterocycles. The van der Waals surface area contributed by atoms with Crippen molar-refractivity contribution in [1.29, 1.82) is 0 Å². The standard InChI is InChI=1S/C13H17N3O2S2/c1-9(2)7-11(17)18-8-20-13-15-14-12(16(13)3)10-5-4-6-19-10/h4-6,9H,7-8H2,1-3H3. The highest BCUT2D eigenvalue weighted by atomic mass is 32.2. The highest BCUT2D eigenvalue weighted by molar-refractivity contribution is 7.99. The molecule has 108 valence electrons. The van der Waals surface area contributed by atoms with Crippen molar-refractivity contribution in [2.45, 2.75) is 25.4 Å². The number of thiophene rings is 1. The molecule has 0 aliphatic carbocycles. The molecule has 0 saturated heterocycles.